The van der Waals surface area contributed by atoms with Crippen LogP contribution in [0.4, 0.5) is 0 Å². The number of hydrogen-bond acceptors (Lipinski definition) is 3. The number of hydrogen-bond donors (Lipinski definition) is 0. The van der Waals surface area contributed by atoms with Crippen LogP contribution in [0.5, 0.6) is 0 Å². The van der Waals surface area contributed by atoms with Crippen LogP contribution in [0, 0.1) is 0 Å². The number of carbonyl (C=O) groups excluding carboxylic acids is 1. The topological polar surface area (TPSA) is 35.5 Å². The molecule has 0 aromatic rings. The standard InChI is InChI=1S/C13H24O3/c1-4-15-9-5-6-10-16-11-7-8-13(14)12(2)3/h2,4-11H2,1,3H3. The molecule has 0 aliphatic carbocycles. The van der Waals surface area contributed by atoms with Crippen molar-refractivity contribution in [3.05, 3.63) is 12.2 Å². The Bertz CT molecular complexity index is 199. The Morgan fingerprint density at radius 1 is 1.06 bits per heavy atom. The van der Waals surface area contributed by atoms with Crippen molar-refractivity contribution in [3.63, 3.8) is 0 Å². The summed E-state index contributed by atoms with van der Waals surface area (Å²) in [6.45, 7) is 10.4. The van der Waals surface area contributed by atoms with Gasteiger partial charge in [0.05, 0.1) is 0 Å². The van der Waals surface area contributed by atoms with E-state index in [4.69, 9.17) is 9.47 Å². The summed E-state index contributed by atoms with van der Waals surface area (Å²) in [5, 5.41) is 0. The zero-order valence-electron chi connectivity index (χ0n) is 10.6. The van der Waals surface area contributed by atoms with E-state index in [2.05, 4.69) is 6.58 Å². The van der Waals surface area contributed by atoms with Crippen LogP contribution in [-0.4, -0.2) is 32.2 Å². The third-order valence-corrected chi connectivity index (χ3v) is 2.20. The van der Waals surface area contributed by atoms with Gasteiger partial charge < -0.3 is 9.47 Å². The van der Waals surface area contributed by atoms with E-state index in [-0.39, 0.29) is 5.78 Å². The average Bonchev–Trinajstić information content (AvgIpc) is 2.26. The first-order valence-electron chi connectivity index (χ1n) is 6.02. The first-order chi connectivity index (χ1) is 7.68. The number of Topliss-reactive ketones (excluding diaryl/α,β-unsaturated/α-hetero) is 1. The molecule has 16 heavy (non-hydrogen) atoms. The summed E-state index contributed by atoms with van der Waals surface area (Å²) in [5.74, 6) is 0.139. The van der Waals surface area contributed by atoms with E-state index in [0.717, 1.165) is 39.1 Å². The van der Waals surface area contributed by atoms with E-state index in [1.165, 1.54) is 0 Å². The van der Waals surface area contributed by atoms with Gasteiger partial charge in [0.25, 0.3) is 0 Å². The Hall–Kier alpha value is -0.670. The van der Waals surface area contributed by atoms with Crippen molar-refractivity contribution in [2.45, 2.75) is 39.5 Å². The molecule has 0 aromatic heterocycles. The number of allylic oxidation sites excluding steroid dienone is 1. The second-order valence-electron chi connectivity index (χ2n) is 3.82. The van der Waals surface area contributed by atoms with Crippen molar-refractivity contribution in [2.75, 3.05) is 26.4 Å². The monoisotopic (exact) mass is 228 g/mol. The van der Waals surface area contributed by atoms with E-state index in [9.17, 15) is 4.79 Å². The van der Waals surface area contributed by atoms with Crippen LogP contribution in [0.2, 0.25) is 0 Å². The minimum Gasteiger partial charge on any atom is -0.382 e. The molecule has 0 aliphatic heterocycles. The molecule has 0 saturated carbocycles. The van der Waals surface area contributed by atoms with E-state index in [1.54, 1.807) is 6.92 Å². The molecule has 0 rings (SSSR count). The number of rotatable bonds is 11. The molecule has 3 heteroatoms. The lowest BCUT2D eigenvalue weighted by atomic mass is 10.1. The van der Waals surface area contributed by atoms with E-state index >= 15 is 0 Å². The number of unbranched alkanes of at least 4 members (excludes halogenated alkanes) is 1. The summed E-state index contributed by atoms with van der Waals surface area (Å²) in [5.41, 5.74) is 0.636. The lowest BCUT2D eigenvalue weighted by Gasteiger charge is -2.04. The molecule has 3 nitrogen and oxygen atoms in total. The highest BCUT2D eigenvalue weighted by atomic mass is 16.5. The van der Waals surface area contributed by atoms with Gasteiger partial charge in [0.2, 0.25) is 0 Å². The molecule has 94 valence electrons. The smallest absolute Gasteiger partial charge is 0.158 e. The SMILES string of the molecule is C=C(C)C(=O)CCCOCCCCOCC. The van der Waals surface area contributed by atoms with E-state index < -0.39 is 0 Å². The maximum Gasteiger partial charge on any atom is 0.158 e. The summed E-state index contributed by atoms with van der Waals surface area (Å²) in [4.78, 5) is 11.2. The Morgan fingerprint density at radius 2 is 1.62 bits per heavy atom. The highest BCUT2D eigenvalue weighted by Gasteiger charge is 2.01. The Morgan fingerprint density at radius 3 is 2.19 bits per heavy atom. The third-order valence-electron chi connectivity index (χ3n) is 2.20. The predicted octanol–water partition coefficient (Wildman–Crippen LogP) is 2.75. The van der Waals surface area contributed by atoms with Gasteiger partial charge in [-0.3, -0.25) is 4.79 Å². The van der Waals surface area contributed by atoms with E-state index in [1.807, 2.05) is 6.92 Å². The zero-order chi connectivity index (χ0) is 12.2. The molecule has 0 atom stereocenters. The van der Waals surface area contributed by atoms with Gasteiger partial charge in [0, 0.05) is 32.8 Å². The summed E-state index contributed by atoms with van der Waals surface area (Å²) in [6.07, 6.45) is 3.40. The first-order valence-corrected chi connectivity index (χ1v) is 6.02. The van der Waals surface area contributed by atoms with Crippen molar-refractivity contribution in [2.24, 2.45) is 0 Å². The molecule has 0 amide bonds. The normalized spacial score (nSPS) is 10.4. The first kappa shape index (κ1) is 15.3. The zero-order valence-corrected chi connectivity index (χ0v) is 10.6. The quantitative estimate of drug-likeness (QED) is 0.403. The van der Waals surface area contributed by atoms with Crippen molar-refractivity contribution in [1.29, 1.82) is 0 Å². The minimum atomic E-state index is 0.139. The second-order valence-corrected chi connectivity index (χ2v) is 3.82. The van der Waals surface area contributed by atoms with Crippen molar-refractivity contribution in [3.8, 4) is 0 Å². The predicted molar refractivity (Wildman–Crippen MR) is 65.6 cm³/mol. The van der Waals surface area contributed by atoms with Gasteiger partial charge in [-0.1, -0.05) is 6.58 Å². The van der Waals surface area contributed by atoms with Gasteiger partial charge in [-0.15, -0.1) is 0 Å². The van der Waals surface area contributed by atoms with Gasteiger partial charge in [0.15, 0.2) is 5.78 Å². The number of ketones is 1. The van der Waals surface area contributed by atoms with Crippen LogP contribution in [0.1, 0.15) is 39.5 Å². The summed E-state index contributed by atoms with van der Waals surface area (Å²) >= 11 is 0. The molecule has 0 heterocycles. The van der Waals surface area contributed by atoms with Crippen molar-refractivity contribution >= 4 is 5.78 Å². The largest absolute Gasteiger partial charge is 0.382 e. The molecular formula is C13H24O3. The molecule has 0 spiro atoms. The van der Waals surface area contributed by atoms with Gasteiger partial charge in [-0.2, -0.15) is 0 Å². The Labute approximate surface area is 98.8 Å². The number of ether oxygens (including phenoxy) is 2. The molecule has 0 unspecified atom stereocenters. The van der Waals surface area contributed by atoms with Crippen LogP contribution >= 0.6 is 0 Å². The van der Waals surface area contributed by atoms with Gasteiger partial charge in [-0.25, -0.2) is 0 Å². The lowest BCUT2D eigenvalue weighted by Crippen LogP contribution is -2.03. The molecular weight excluding hydrogens is 204 g/mol. The fraction of sp³-hybridized carbons (Fsp3) is 0.769. The van der Waals surface area contributed by atoms with Gasteiger partial charge >= 0.3 is 0 Å². The minimum absolute atomic E-state index is 0.139. The van der Waals surface area contributed by atoms with Crippen molar-refractivity contribution in [1.82, 2.24) is 0 Å². The van der Waals surface area contributed by atoms with Gasteiger partial charge in [-0.05, 0) is 38.7 Å². The van der Waals surface area contributed by atoms with Crippen molar-refractivity contribution < 1.29 is 14.3 Å². The van der Waals surface area contributed by atoms with Crippen LogP contribution in [0.25, 0.3) is 0 Å². The fourth-order valence-electron chi connectivity index (χ4n) is 1.20. The van der Waals surface area contributed by atoms with E-state index in [0.29, 0.717) is 18.6 Å². The van der Waals surface area contributed by atoms with Crippen LogP contribution in [0.15, 0.2) is 12.2 Å². The average molecular weight is 228 g/mol. The molecule has 0 saturated heterocycles. The fourth-order valence-corrected chi connectivity index (χ4v) is 1.20. The number of carbonyl (C=O) groups is 1. The Kier molecular flexibility index (Phi) is 10.4. The lowest BCUT2D eigenvalue weighted by molar-refractivity contribution is -0.115. The van der Waals surface area contributed by atoms with Crippen LogP contribution < -0.4 is 0 Å². The summed E-state index contributed by atoms with van der Waals surface area (Å²) in [6, 6.07) is 0. The van der Waals surface area contributed by atoms with Crippen LogP contribution in [0.3, 0.4) is 0 Å². The maximum atomic E-state index is 11.2. The maximum absolute atomic E-state index is 11.2. The molecule has 0 aliphatic rings. The molecule has 0 radical (unpaired) electrons. The molecule has 0 aromatic carbocycles. The highest BCUT2D eigenvalue weighted by Crippen LogP contribution is 2.00. The molecule has 0 bridgehead atoms. The Balaban J connectivity index is 3.10. The molecule has 0 N–H and O–H groups in total. The summed E-state index contributed by atoms with van der Waals surface area (Å²) in [7, 11) is 0. The third kappa shape index (κ3) is 9.87. The van der Waals surface area contributed by atoms with Gasteiger partial charge in [0.1, 0.15) is 0 Å². The second kappa shape index (κ2) is 10.8. The van der Waals surface area contributed by atoms with Crippen LogP contribution in [-0.2, 0) is 14.3 Å². The highest BCUT2D eigenvalue weighted by molar-refractivity contribution is 5.93. The summed E-state index contributed by atoms with van der Waals surface area (Å²) < 4.78 is 10.6. The molecule has 0 fully saturated rings.